The van der Waals surface area contributed by atoms with Crippen LogP contribution in [-0.4, -0.2) is 35.9 Å². The van der Waals surface area contributed by atoms with Gasteiger partial charge in [-0.05, 0) is 35.4 Å². The molecule has 132 valence electrons. The molecule has 0 atom stereocenters. The molecule has 1 aromatic heterocycles. The van der Waals surface area contributed by atoms with Crippen molar-refractivity contribution in [2.45, 2.75) is 13.5 Å². The first-order chi connectivity index (χ1) is 11.1. The standard InChI is InChI=1S/C14H18ClN5O3.ClH/c1-2-22-11-4-3-10(15)7-9(11)8-17-5-6-18-14(21)12-13(16)20-23-19-12;/h3-4,7,17H,2,5-6,8H2,1H3,(H2,16,20)(H,18,21);1H. The molecule has 4 N–H and O–H groups in total. The van der Waals surface area contributed by atoms with Gasteiger partial charge in [-0.25, -0.2) is 4.63 Å². The largest absolute Gasteiger partial charge is 0.494 e. The molecule has 0 aliphatic heterocycles. The highest BCUT2D eigenvalue weighted by Crippen LogP contribution is 2.22. The van der Waals surface area contributed by atoms with Crippen LogP contribution in [0.1, 0.15) is 23.0 Å². The highest BCUT2D eigenvalue weighted by atomic mass is 35.5. The van der Waals surface area contributed by atoms with Gasteiger partial charge in [-0.15, -0.1) is 12.4 Å². The Morgan fingerprint density at radius 1 is 1.38 bits per heavy atom. The van der Waals surface area contributed by atoms with Gasteiger partial charge in [-0.2, -0.15) is 0 Å². The number of aromatic nitrogens is 2. The maximum atomic E-state index is 11.7. The van der Waals surface area contributed by atoms with E-state index in [2.05, 4.69) is 25.6 Å². The van der Waals surface area contributed by atoms with Gasteiger partial charge in [0, 0.05) is 30.2 Å². The van der Waals surface area contributed by atoms with Gasteiger partial charge in [0.15, 0.2) is 0 Å². The van der Waals surface area contributed by atoms with Crippen molar-refractivity contribution in [3.05, 3.63) is 34.5 Å². The normalized spacial score (nSPS) is 10.1. The number of amides is 1. The molecule has 24 heavy (non-hydrogen) atoms. The van der Waals surface area contributed by atoms with E-state index in [1.807, 2.05) is 19.1 Å². The zero-order valence-corrected chi connectivity index (χ0v) is 14.6. The number of rotatable bonds is 8. The third kappa shape index (κ3) is 5.55. The van der Waals surface area contributed by atoms with Gasteiger partial charge in [-0.3, -0.25) is 4.79 Å². The van der Waals surface area contributed by atoms with Gasteiger partial charge >= 0.3 is 0 Å². The summed E-state index contributed by atoms with van der Waals surface area (Å²) in [6.07, 6.45) is 0. The van der Waals surface area contributed by atoms with Crippen molar-refractivity contribution in [2.24, 2.45) is 0 Å². The molecule has 1 aromatic carbocycles. The minimum atomic E-state index is -0.427. The van der Waals surface area contributed by atoms with Crippen LogP contribution in [0.5, 0.6) is 5.75 Å². The van der Waals surface area contributed by atoms with E-state index in [4.69, 9.17) is 22.1 Å². The molecule has 0 bridgehead atoms. The van der Waals surface area contributed by atoms with Gasteiger partial charge < -0.3 is 21.1 Å². The molecule has 0 spiro atoms. The Hall–Kier alpha value is -2.03. The first-order valence-corrected chi connectivity index (χ1v) is 7.47. The van der Waals surface area contributed by atoms with Crippen LogP contribution in [-0.2, 0) is 6.54 Å². The van der Waals surface area contributed by atoms with Gasteiger partial charge in [0.2, 0.25) is 11.5 Å². The van der Waals surface area contributed by atoms with Crippen LogP contribution in [0.15, 0.2) is 22.8 Å². The van der Waals surface area contributed by atoms with Crippen LogP contribution in [0, 0.1) is 0 Å². The number of nitrogen functional groups attached to an aromatic ring is 1. The molecule has 0 radical (unpaired) electrons. The lowest BCUT2D eigenvalue weighted by atomic mass is 10.2. The molecule has 1 heterocycles. The smallest absolute Gasteiger partial charge is 0.277 e. The van der Waals surface area contributed by atoms with Crippen LogP contribution in [0.4, 0.5) is 5.82 Å². The number of carbonyl (C=O) groups is 1. The summed E-state index contributed by atoms with van der Waals surface area (Å²) in [4.78, 5) is 11.7. The summed E-state index contributed by atoms with van der Waals surface area (Å²) in [6, 6.07) is 5.47. The van der Waals surface area contributed by atoms with Crippen LogP contribution in [0.2, 0.25) is 5.02 Å². The monoisotopic (exact) mass is 375 g/mol. The Kier molecular flexibility index (Phi) is 8.31. The van der Waals surface area contributed by atoms with Crippen LogP contribution in [0.25, 0.3) is 0 Å². The number of ether oxygens (including phenoxy) is 1. The van der Waals surface area contributed by atoms with Crippen molar-refractivity contribution in [1.29, 1.82) is 0 Å². The fraction of sp³-hybridized carbons (Fsp3) is 0.357. The second-order valence-corrected chi connectivity index (χ2v) is 5.05. The van der Waals surface area contributed by atoms with Crippen LogP contribution in [0.3, 0.4) is 0 Å². The van der Waals surface area contributed by atoms with Crippen molar-refractivity contribution in [2.75, 3.05) is 25.4 Å². The predicted octanol–water partition coefficient (Wildman–Crippen LogP) is 1.65. The minimum absolute atomic E-state index is 0. The van der Waals surface area contributed by atoms with E-state index >= 15 is 0 Å². The average molecular weight is 376 g/mol. The van der Waals surface area contributed by atoms with E-state index in [-0.39, 0.29) is 23.9 Å². The summed E-state index contributed by atoms with van der Waals surface area (Å²) in [7, 11) is 0. The number of nitrogens with two attached hydrogens (primary N) is 1. The topological polar surface area (TPSA) is 115 Å². The number of hydrogen-bond donors (Lipinski definition) is 3. The quantitative estimate of drug-likeness (QED) is 0.600. The summed E-state index contributed by atoms with van der Waals surface area (Å²) < 4.78 is 9.91. The zero-order chi connectivity index (χ0) is 16.7. The van der Waals surface area contributed by atoms with Crippen molar-refractivity contribution in [1.82, 2.24) is 20.9 Å². The van der Waals surface area contributed by atoms with E-state index in [0.29, 0.717) is 31.3 Å². The molecule has 0 unspecified atom stereocenters. The first-order valence-electron chi connectivity index (χ1n) is 7.10. The summed E-state index contributed by atoms with van der Waals surface area (Å²) in [5.41, 5.74) is 6.38. The second kappa shape index (κ2) is 9.96. The van der Waals surface area contributed by atoms with Crippen molar-refractivity contribution in [3.8, 4) is 5.75 Å². The molecule has 8 nitrogen and oxygen atoms in total. The third-order valence-electron chi connectivity index (χ3n) is 2.95. The molecule has 0 fully saturated rings. The predicted molar refractivity (Wildman–Crippen MR) is 92.6 cm³/mol. The number of nitrogens with one attached hydrogen (secondary N) is 2. The van der Waals surface area contributed by atoms with Gasteiger partial charge in [-0.1, -0.05) is 11.6 Å². The van der Waals surface area contributed by atoms with E-state index in [9.17, 15) is 4.79 Å². The fourth-order valence-corrected chi connectivity index (χ4v) is 2.10. The van der Waals surface area contributed by atoms with Gasteiger partial charge in [0.1, 0.15) is 5.75 Å². The third-order valence-corrected chi connectivity index (χ3v) is 3.19. The number of anilines is 1. The number of hydrogen-bond acceptors (Lipinski definition) is 7. The Labute approximate surface area is 150 Å². The average Bonchev–Trinajstić information content (AvgIpc) is 2.95. The fourth-order valence-electron chi connectivity index (χ4n) is 1.91. The molecule has 0 aliphatic carbocycles. The lowest BCUT2D eigenvalue weighted by molar-refractivity contribution is 0.0944. The van der Waals surface area contributed by atoms with Crippen molar-refractivity contribution in [3.63, 3.8) is 0 Å². The zero-order valence-electron chi connectivity index (χ0n) is 13.0. The van der Waals surface area contributed by atoms with E-state index in [1.165, 1.54) is 0 Å². The number of benzene rings is 1. The van der Waals surface area contributed by atoms with Crippen LogP contribution >= 0.6 is 24.0 Å². The molecule has 10 heteroatoms. The molecule has 1 amide bonds. The first kappa shape index (κ1) is 20.0. The SMILES string of the molecule is CCOc1ccc(Cl)cc1CNCCNC(=O)c1nonc1N.Cl. The summed E-state index contributed by atoms with van der Waals surface area (Å²) >= 11 is 6.00. The van der Waals surface area contributed by atoms with Gasteiger partial charge in [0.25, 0.3) is 5.91 Å². The maximum absolute atomic E-state index is 11.7. The molecule has 2 rings (SSSR count). The van der Waals surface area contributed by atoms with Crippen molar-refractivity contribution < 1.29 is 14.2 Å². The molecule has 0 saturated heterocycles. The number of halogens is 2. The molecular weight excluding hydrogens is 357 g/mol. The summed E-state index contributed by atoms with van der Waals surface area (Å²) in [5.74, 6) is 0.328. The highest BCUT2D eigenvalue weighted by molar-refractivity contribution is 6.30. The lowest BCUT2D eigenvalue weighted by Crippen LogP contribution is -2.32. The van der Waals surface area contributed by atoms with E-state index < -0.39 is 5.91 Å². The van der Waals surface area contributed by atoms with Crippen molar-refractivity contribution >= 4 is 35.7 Å². The minimum Gasteiger partial charge on any atom is -0.494 e. The number of carbonyl (C=O) groups excluding carboxylic acids is 1. The second-order valence-electron chi connectivity index (χ2n) is 4.62. The lowest BCUT2D eigenvalue weighted by Gasteiger charge is -2.11. The molecular formula is C14H19Cl2N5O3. The van der Waals surface area contributed by atoms with Crippen LogP contribution < -0.4 is 21.1 Å². The Morgan fingerprint density at radius 3 is 2.83 bits per heavy atom. The Morgan fingerprint density at radius 2 is 2.17 bits per heavy atom. The van der Waals surface area contributed by atoms with Gasteiger partial charge in [0.05, 0.1) is 6.61 Å². The molecule has 0 aliphatic rings. The summed E-state index contributed by atoms with van der Waals surface area (Å²) in [6.45, 7) is 4.02. The Bertz CT molecular complexity index is 666. The summed E-state index contributed by atoms with van der Waals surface area (Å²) in [5, 5.41) is 13.3. The Balaban J connectivity index is 0.00000288. The van der Waals surface area contributed by atoms with E-state index in [0.717, 1.165) is 11.3 Å². The number of nitrogens with zero attached hydrogens (tertiary/aromatic N) is 2. The molecule has 0 saturated carbocycles. The maximum Gasteiger partial charge on any atom is 0.277 e. The highest BCUT2D eigenvalue weighted by Gasteiger charge is 2.14. The molecule has 2 aromatic rings. The van der Waals surface area contributed by atoms with E-state index in [1.54, 1.807) is 6.07 Å².